The van der Waals surface area contributed by atoms with Crippen LogP contribution in [-0.4, -0.2) is 78.6 Å². The van der Waals surface area contributed by atoms with Gasteiger partial charge in [0.2, 0.25) is 0 Å². The summed E-state index contributed by atoms with van der Waals surface area (Å²) in [5.74, 6) is 1.11. The van der Waals surface area contributed by atoms with Crippen LogP contribution in [0.3, 0.4) is 0 Å². The number of hydrogen-bond donors (Lipinski definition) is 2. The van der Waals surface area contributed by atoms with E-state index in [4.69, 9.17) is 28.4 Å². The zero-order chi connectivity index (χ0) is 21.3. The van der Waals surface area contributed by atoms with E-state index in [0.29, 0.717) is 89.8 Å². The van der Waals surface area contributed by atoms with Gasteiger partial charge in [0.05, 0.1) is 52.9 Å². The number of fused-ring (bicyclic) bond motifs is 1. The molecule has 0 saturated heterocycles. The molecule has 0 spiro atoms. The Labute approximate surface area is 178 Å². The van der Waals surface area contributed by atoms with Gasteiger partial charge in [-0.2, -0.15) is 0 Å². The van der Waals surface area contributed by atoms with Crippen molar-refractivity contribution in [3.8, 4) is 11.5 Å². The molecule has 1 aliphatic rings. The number of urea groups is 1. The lowest BCUT2D eigenvalue weighted by molar-refractivity contribution is -0.00841. The number of ether oxygens (including phenoxy) is 6. The molecule has 0 saturated carbocycles. The van der Waals surface area contributed by atoms with E-state index >= 15 is 0 Å². The van der Waals surface area contributed by atoms with E-state index in [-0.39, 0.29) is 6.03 Å². The highest BCUT2D eigenvalue weighted by molar-refractivity contribution is 5.89. The van der Waals surface area contributed by atoms with Crippen LogP contribution in [0, 0.1) is 0 Å². The maximum absolute atomic E-state index is 12.0. The largest absolute Gasteiger partial charge is 0.487 e. The zero-order valence-electron chi connectivity index (χ0n) is 17.8. The molecule has 0 aliphatic carbocycles. The topological polar surface area (TPSA) is 96.5 Å². The van der Waals surface area contributed by atoms with Crippen molar-refractivity contribution >= 4 is 11.7 Å². The molecular weight excluding hydrogens is 392 g/mol. The van der Waals surface area contributed by atoms with Gasteiger partial charge in [-0.3, -0.25) is 0 Å². The van der Waals surface area contributed by atoms with Gasteiger partial charge in [-0.1, -0.05) is 13.3 Å². The van der Waals surface area contributed by atoms with Crippen LogP contribution in [0.4, 0.5) is 10.5 Å². The van der Waals surface area contributed by atoms with E-state index in [0.717, 1.165) is 12.8 Å². The molecule has 1 heterocycles. The Morgan fingerprint density at radius 1 is 0.800 bits per heavy atom. The first-order chi connectivity index (χ1) is 14.8. The number of anilines is 1. The van der Waals surface area contributed by atoms with Crippen molar-refractivity contribution in [2.75, 3.05) is 77.9 Å². The summed E-state index contributed by atoms with van der Waals surface area (Å²) in [5.41, 5.74) is 0.621. The highest BCUT2D eigenvalue weighted by Crippen LogP contribution is 2.30. The first-order valence-electron chi connectivity index (χ1n) is 10.5. The van der Waals surface area contributed by atoms with Crippen LogP contribution in [-0.2, 0) is 18.9 Å². The molecule has 0 fully saturated rings. The average Bonchev–Trinajstić information content (AvgIpc) is 2.74. The fraction of sp³-hybridized carbons (Fsp3) is 0.667. The Bertz CT molecular complexity index is 601. The van der Waals surface area contributed by atoms with E-state index < -0.39 is 0 Å². The molecule has 2 amide bonds. The standard InChI is InChI=1S/C21H34N2O7/c1-2-3-6-22-21(24)23-18-4-5-19-20(17-18)30-16-14-28-12-10-26-8-7-25-9-11-27-13-15-29-19/h4-5,17H,2-3,6-16H2,1H3,(H2,22,23,24). The quantitative estimate of drug-likeness (QED) is 0.714. The predicted octanol–water partition coefficient (Wildman–Crippen LogP) is 2.45. The molecule has 30 heavy (non-hydrogen) atoms. The van der Waals surface area contributed by atoms with E-state index in [1.54, 1.807) is 18.2 Å². The highest BCUT2D eigenvalue weighted by Gasteiger charge is 2.10. The number of rotatable bonds is 4. The third kappa shape index (κ3) is 10.6. The zero-order valence-corrected chi connectivity index (χ0v) is 17.8. The molecule has 2 rings (SSSR count). The maximum Gasteiger partial charge on any atom is 0.319 e. The first kappa shape index (κ1) is 24.2. The Balaban J connectivity index is 1.92. The Morgan fingerprint density at radius 3 is 1.90 bits per heavy atom. The van der Waals surface area contributed by atoms with Gasteiger partial charge in [0, 0.05) is 18.3 Å². The summed E-state index contributed by atoms with van der Waals surface area (Å²) >= 11 is 0. The van der Waals surface area contributed by atoms with Crippen LogP contribution in [0.15, 0.2) is 18.2 Å². The lowest BCUT2D eigenvalue weighted by atomic mass is 10.2. The molecule has 1 aromatic carbocycles. The molecule has 9 heteroatoms. The van der Waals surface area contributed by atoms with Crippen molar-refractivity contribution in [3.05, 3.63) is 18.2 Å². The number of amides is 2. The maximum atomic E-state index is 12.0. The smallest absolute Gasteiger partial charge is 0.319 e. The lowest BCUT2D eigenvalue weighted by Gasteiger charge is -2.15. The SMILES string of the molecule is CCCCNC(=O)Nc1ccc2c(c1)OCCOCCOCCOCCOCCO2. The van der Waals surface area contributed by atoms with E-state index in [9.17, 15) is 4.79 Å². The highest BCUT2D eigenvalue weighted by atomic mass is 16.6. The van der Waals surface area contributed by atoms with Gasteiger partial charge in [-0.05, 0) is 18.6 Å². The molecule has 2 N–H and O–H groups in total. The molecule has 0 unspecified atom stereocenters. The summed E-state index contributed by atoms with van der Waals surface area (Å²) in [6.45, 7) is 7.33. The van der Waals surface area contributed by atoms with Crippen LogP contribution in [0.1, 0.15) is 19.8 Å². The van der Waals surface area contributed by atoms with Gasteiger partial charge >= 0.3 is 6.03 Å². The van der Waals surface area contributed by atoms with E-state index in [1.807, 2.05) is 0 Å². The van der Waals surface area contributed by atoms with Crippen molar-refractivity contribution in [2.24, 2.45) is 0 Å². The molecule has 1 aliphatic heterocycles. The fourth-order valence-electron chi connectivity index (χ4n) is 2.55. The summed E-state index contributed by atoms with van der Waals surface area (Å²) in [6, 6.07) is 5.04. The summed E-state index contributed by atoms with van der Waals surface area (Å²) < 4.78 is 33.5. The van der Waals surface area contributed by atoms with Crippen LogP contribution in [0.25, 0.3) is 0 Å². The molecule has 0 aromatic heterocycles. The minimum absolute atomic E-state index is 0.247. The molecule has 0 atom stereocenters. The normalized spacial score (nSPS) is 17.4. The Kier molecular flexibility index (Phi) is 12.7. The third-order valence-electron chi connectivity index (χ3n) is 4.10. The molecule has 170 valence electrons. The molecule has 0 radical (unpaired) electrons. The molecule has 9 nitrogen and oxygen atoms in total. The van der Waals surface area contributed by atoms with Crippen LogP contribution in [0.5, 0.6) is 11.5 Å². The van der Waals surface area contributed by atoms with Gasteiger partial charge < -0.3 is 39.1 Å². The van der Waals surface area contributed by atoms with E-state index in [1.165, 1.54) is 0 Å². The van der Waals surface area contributed by atoms with Gasteiger partial charge in [-0.25, -0.2) is 4.79 Å². The van der Waals surface area contributed by atoms with Crippen molar-refractivity contribution in [1.82, 2.24) is 5.32 Å². The summed E-state index contributed by atoms with van der Waals surface area (Å²) in [6.07, 6.45) is 1.96. The van der Waals surface area contributed by atoms with Gasteiger partial charge in [-0.15, -0.1) is 0 Å². The second kappa shape index (κ2) is 15.7. The average molecular weight is 427 g/mol. The Morgan fingerprint density at radius 2 is 1.33 bits per heavy atom. The first-order valence-corrected chi connectivity index (χ1v) is 10.5. The predicted molar refractivity (Wildman–Crippen MR) is 113 cm³/mol. The number of nitrogens with one attached hydrogen (secondary N) is 2. The number of carbonyl (C=O) groups is 1. The molecule has 1 aromatic rings. The van der Waals surface area contributed by atoms with Crippen molar-refractivity contribution < 1.29 is 33.2 Å². The lowest BCUT2D eigenvalue weighted by Crippen LogP contribution is -2.29. The molecule has 0 bridgehead atoms. The molecular formula is C21H34N2O7. The number of carbonyl (C=O) groups excluding carboxylic acids is 1. The van der Waals surface area contributed by atoms with Crippen molar-refractivity contribution in [2.45, 2.75) is 19.8 Å². The number of hydrogen-bond acceptors (Lipinski definition) is 7. The second-order valence-electron chi connectivity index (χ2n) is 6.54. The second-order valence-corrected chi connectivity index (χ2v) is 6.54. The van der Waals surface area contributed by atoms with Crippen LogP contribution in [0.2, 0.25) is 0 Å². The monoisotopic (exact) mass is 426 g/mol. The van der Waals surface area contributed by atoms with Gasteiger partial charge in [0.1, 0.15) is 13.2 Å². The summed E-state index contributed by atoms with van der Waals surface area (Å²) in [4.78, 5) is 12.0. The number of unbranched alkanes of at least 4 members (excludes halogenated alkanes) is 1. The van der Waals surface area contributed by atoms with E-state index in [2.05, 4.69) is 17.6 Å². The van der Waals surface area contributed by atoms with Gasteiger partial charge in [0.15, 0.2) is 11.5 Å². The third-order valence-corrected chi connectivity index (χ3v) is 4.10. The minimum atomic E-state index is -0.247. The van der Waals surface area contributed by atoms with Crippen molar-refractivity contribution in [1.29, 1.82) is 0 Å². The Hall–Kier alpha value is -2.07. The minimum Gasteiger partial charge on any atom is -0.487 e. The van der Waals surface area contributed by atoms with Crippen LogP contribution >= 0.6 is 0 Å². The fourth-order valence-corrected chi connectivity index (χ4v) is 2.55. The van der Waals surface area contributed by atoms with Crippen LogP contribution < -0.4 is 20.1 Å². The number of benzene rings is 1. The summed E-state index contributed by atoms with van der Waals surface area (Å²) in [5, 5.41) is 5.63. The van der Waals surface area contributed by atoms with Gasteiger partial charge in [0.25, 0.3) is 0 Å². The van der Waals surface area contributed by atoms with Crippen molar-refractivity contribution in [3.63, 3.8) is 0 Å². The summed E-state index contributed by atoms with van der Waals surface area (Å²) in [7, 11) is 0.